The van der Waals surface area contributed by atoms with E-state index in [1.54, 1.807) is 0 Å². The number of alkyl halides is 3. The highest BCUT2D eigenvalue weighted by atomic mass is 35.5. The zero-order valence-electron chi connectivity index (χ0n) is 25.5. The third-order valence-electron chi connectivity index (χ3n) is 10.5. The molecule has 3 saturated heterocycles. The van der Waals surface area contributed by atoms with Gasteiger partial charge in [-0.25, -0.2) is 9.37 Å². The predicted octanol–water partition coefficient (Wildman–Crippen LogP) is 6.37. The molecule has 7 rings (SSSR count). The minimum atomic E-state index is -4.82. The molecule has 3 N–H and O–H groups in total. The summed E-state index contributed by atoms with van der Waals surface area (Å²) >= 11 is 6.64. The van der Waals surface area contributed by atoms with Crippen molar-refractivity contribution in [3.05, 3.63) is 34.1 Å². The molecule has 13 heteroatoms. The molecule has 4 aliphatic rings. The average Bonchev–Trinajstić information content (AvgIpc) is 3.54. The number of nitrogen functional groups attached to an aromatic ring is 1. The van der Waals surface area contributed by atoms with Gasteiger partial charge < -0.3 is 25.6 Å². The number of hydrogen-bond acceptors (Lipinski definition) is 8. The lowest BCUT2D eigenvalue weighted by Gasteiger charge is -2.44. The summed E-state index contributed by atoms with van der Waals surface area (Å²) in [4.78, 5) is 17.8. The first-order valence-corrected chi connectivity index (χ1v) is 16.2. The number of halogens is 5. The van der Waals surface area contributed by atoms with Gasteiger partial charge >= 0.3 is 12.2 Å². The fourth-order valence-corrected chi connectivity index (χ4v) is 8.72. The molecule has 0 spiro atoms. The molecule has 45 heavy (non-hydrogen) atoms. The van der Waals surface area contributed by atoms with Gasteiger partial charge in [-0.3, -0.25) is 0 Å². The molecule has 0 radical (unpaired) electrons. The number of aryl methyl sites for hydroxylation is 1. The lowest BCUT2D eigenvalue weighted by Crippen LogP contribution is -2.50. The second kappa shape index (κ2) is 11.4. The van der Waals surface area contributed by atoms with Crippen LogP contribution in [0.3, 0.4) is 0 Å². The van der Waals surface area contributed by atoms with Crippen LogP contribution in [0.2, 0.25) is 5.02 Å². The Hall–Kier alpha value is -2.96. The van der Waals surface area contributed by atoms with E-state index in [-0.39, 0.29) is 39.4 Å². The monoisotopic (exact) mass is 647 g/mol. The van der Waals surface area contributed by atoms with Gasteiger partial charge in [0.2, 0.25) is 0 Å². The minimum absolute atomic E-state index is 0.00745. The SMILES string of the molecule is Cc1cc(N)nc(-c2c(Cl)cc3c(N4CC[C@@H]5CC[C@H](C4)N5)nc(OC[C@]45CCC[C@H]4N(C)CCC5)nc3c2F)c1C(F)(F)F. The lowest BCUT2D eigenvalue weighted by atomic mass is 9.76. The van der Waals surface area contributed by atoms with Gasteiger partial charge in [0, 0.05) is 42.0 Å². The standard InChI is InChI=1S/C32H38ClF4N7O/c1-17-13-23(38)40-28(25(17)32(35,36)37)24-21(33)14-20-27(26(24)34)41-30(42-29(20)44-12-8-18-6-7-19(15-44)39-18)45-16-31-9-3-5-22(31)43(2)11-4-10-31/h13-14,18-19,22,39H,3-12,15-16H2,1-2H3,(H2,38,40)/t18-,19+,22+,31+/m0/s1. The molecule has 242 valence electrons. The maximum absolute atomic E-state index is 16.7. The third kappa shape index (κ3) is 5.46. The Labute approximate surface area is 264 Å². The summed E-state index contributed by atoms with van der Waals surface area (Å²) < 4.78 is 66.0. The highest BCUT2D eigenvalue weighted by Gasteiger charge is 2.47. The van der Waals surface area contributed by atoms with Crippen molar-refractivity contribution in [1.29, 1.82) is 0 Å². The van der Waals surface area contributed by atoms with E-state index in [1.807, 2.05) is 0 Å². The first-order chi connectivity index (χ1) is 21.4. The van der Waals surface area contributed by atoms with Crippen LogP contribution in [-0.4, -0.2) is 71.3 Å². The normalized spacial score (nSPS) is 27.2. The number of nitrogens with one attached hydrogen (secondary N) is 1. The highest BCUT2D eigenvalue weighted by molar-refractivity contribution is 6.34. The molecular weight excluding hydrogens is 610 g/mol. The van der Waals surface area contributed by atoms with Gasteiger partial charge in [-0.05, 0) is 83.2 Å². The predicted molar refractivity (Wildman–Crippen MR) is 166 cm³/mol. The van der Waals surface area contributed by atoms with Crippen molar-refractivity contribution in [2.24, 2.45) is 5.41 Å². The van der Waals surface area contributed by atoms with Crippen molar-refractivity contribution in [3.8, 4) is 17.3 Å². The van der Waals surface area contributed by atoms with E-state index in [1.165, 1.54) is 13.0 Å². The lowest BCUT2D eigenvalue weighted by molar-refractivity contribution is -0.137. The molecule has 0 unspecified atom stereocenters. The molecule has 4 fully saturated rings. The van der Waals surface area contributed by atoms with Gasteiger partial charge in [0.15, 0.2) is 5.82 Å². The van der Waals surface area contributed by atoms with Crippen LogP contribution < -0.4 is 20.7 Å². The summed E-state index contributed by atoms with van der Waals surface area (Å²) in [6.07, 6.45) is 3.50. The summed E-state index contributed by atoms with van der Waals surface area (Å²) in [5.41, 5.74) is 3.23. The molecule has 1 aliphatic carbocycles. The molecule has 4 atom stereocenters. The van der Waals surface area contributed by atoms with E-state index in [9.17, 15) is 13.2 Å². The number of aromatic nitrogens is 3. The van der Waals surface area contributed by atoms with Crippen LogP contribution >= 0.6 is 11.6 Å². The number of likely N-dealkylation sites (tertiary alicyclic amines) is 1. The third-order valence-corrected chi connectivity index (χ3v) is 10.8. The number of fused-ring (bicyclic) bond motifs is 4. The Morgan fingerprint density at radius 1 is 1.07 bits per heavy atom. The molecular formula is C32H38ClF4N7O. The van der Waals surface area contributed by atoms with Gasteiger partial charge in [-0.1, -0.05) is 18.0 Å². The second-order valence-electron chi connectivity index (χ2n) is 13.4. The second-order valence-corrected chi connectivity index (χ2v) is 13.8. The summed E-state index contributed by atoms with van der Waals surface area (Å²) in [6.45, 7) is 4.01. The maximum atomic E-state index is 16.7. The van der Waals surface area contributed by atoms with E-state index in [0.717, 1.165) is 64.0 Å². The molecule has 8 nitrogen and oxygen atoms in total. The number of pyridine rings is 1. The van der Waals surface area contributed by atoms with E-state index in [0.29, 0.717) is 43.0 Å². The summed E-state index contributed by atoms with van der Waals surface area (Å²) in [6, 6.07) is 3.61. The van der Waals surface area contributed by atoms with Gasteiger partial charge in [0.1, 0.15) is 17.2 Å². The number of anilines is 2. The van der Waals surface area contributed by atoms with Crippen molar-refractivity contribution >= 4 is 34.1 Å². The molecule has 1 saturated carbocycles. The van der Waals surface area contributed by atoms with Crippen LogP contribution in [0.4, 0.5) is 29.2 Å². The van der Waals surface area contributed by atoms with E-state index in [4.69, 9.17) is 27.1 Å². The number of benzene rings is 1. The Morgan fingerprint density at radius 3 is 2.64 bits per heavy atom. The van der Waals surface area contributed by atoms with Crippen molar-refractivity contribution in [1.82, 2.24) is 25.2 Å². The quantitative estimate of drug-likeness (QED) is 0.309. The Balaban J connectivity index is 1.37. The molecule has 3 aliphatic heterocycles. The molecule has 5 heterocycles. The smallest absolute Gasteiger partial charge is 0.418 e. The van der Waals surface area contributed by atoms with Gasteiger partial charge in [-0.15, -0.1) is 0 Å². The van der Waals surface area contributed by atoms with Crippen molar-refractivity contribution in [3.63, 3.8) is 0 Å². The topological polar surface area (TPSA) is 92.4 Å². The zero-order valence-corrected chi connectivity index (χ0v) is 26.2. The van der Waals surface area contributed by atoms with E-state index in [2.05, 4.69) is 32.1 Å². The Kier molecular flexibility index (Phi) is 7.76. The molecule has 2 bridgehead atoms. The van der Waals surface area contributed by atoms with Crippen LogP contribution in [0.5, 0.6) is 6.01 Å². The Bertz CT molecular complexity index is 1640. The van der Waals surface area contributed by atoms with Gasteiger partial charge in [-0.2, -0.15) is 23.1 Å². The van der Waals surface area contributed by atoms with Crippen LogP contribution in [0, 0.1) is 18.2 Å². The average molecular weight is 648 g/mol. The van der Waals surface area contributed by atoms with Crippen molar-refractivity contribution in [2.75, 3.05) is 43.9 Å². The van der Waals surface area contributed by atoms with Crippen molar-refractivity contribution in [2.45, 2.75) is 82.6 Å². The Morgan fingerprint density at radius 2 is 1.84 bits per heavy atom. The molecule has 0 amide bonds. The fraction of sp³-hybridized carbons (Fsp3) is 0.594. The largest absolute Gasteiger partial charge is 0.463 e. The van der Waals surface area contributed by atoms with Gasteiger partial charge in [0.25, 0.3) is 0 Å². The van der Waals surface area contributed by atoms with E-state index < -0.39 is 28.8 Å². The van der Waals surface area contributed by atoms with Crippen LogP contribution in [0.15, 0.2) is 12.1 Å². The number of hydrogen-bond donors (Lipinski definition) is 2. The minimum Gasteiger partial charge on any atom is -0.463 e. The summed E-state index contributed by atoms with van der Waals surface area (Å²) in [5.74, 6) is -0.725. The zero-order chi connectivity index (χ0) is 31.7. The molecule has 2 aromatic heterocycles. The van der Waals surface area contributed by atoms with Crippen molar-refractivity contribution < 1.29 is 22.3 Å². The van der Waals surface area contributed by atoms with Crippen LogP contribution in [-0.2, 0) is 6.18 Å². The molecule has 3 aromatic rings. The van der Waals surface area contributed by atoms with E-state index >= 15 is 4.39 Å². The first-order valence-electron chi connectivity index (χ1n) is 15.8. The maximum Gasteiger partial charge on any atom is 0.418 e. The van der Waals surface area contributed by atoms with Crippen LogP contribution in [0.25, 0.3) is 22.2 Å². The number of nitrogens with zero attached hydrogens (tertiary/aromatic N) is 5. The number of rotatable bonds is 5. The first kappa shape index (κ1) is 30.7. The fourth-order valence-electron chi connectivity index (χ4n) is 8.44. The number of ether oxygens (including phenoxy) is 1. The van der Waals surface area contributed by atoms with Crippen LogP contribution in [0.1, 0.15) is 62.5 Å². The summed E-state index contributed by atoms with van der Waals surface area (Å²) in [5, 5.41) is 3.74. The summed E-state index contributed by atoms with van der Waals surface area (Å²) in [7, 11) is 2.15. The number of piperidine rings is 1. The molecule has 1 aromatic carbocycles. The number of nitrogens with two attached hydrogens (primary N) is 1. The highest BCUT2D eigenvalue weighted by Crippen LogP contribution is 2.48. The van der Waals surface area contributed by atoms with Gasteiger partial charge in [0.05, 0.1) is 28.5 Å².